The Kier molecular flexibility index (Phi) is 3.36. The molecule has 1 aliphatic carbocycles. The molecule has 2 heteroatoms. The van der Waals surface area contributed by atoms with Crippen molar-refractivity contribution in [2.45, 2.75) is 6.10 Å². The Morgan fingerprint density at radius 1 is 0.654 bits per heavy atom. The lowest BCUT2D eigenvalue weighted by Crippen LogP contribution is -2.11. The number of carbonyl (C=O) groups is 1. The van der Waals surface area contributed by atoms with Gasteiger partial charge in [-0.1, -0.05) is 78.9 Å². The van der Waals surface area contributed by atoms with E-state index in [1.54, 1.807) is 0 Å². The molecule has 26 heavy (non-hydrogen) atoms. The summed E-state index contributed by atoms with van der Waals surface area (Å²) >= 11 is 0. The van der Waals surface area contributed by atoms with Crippen molar-refractivity contribution in [1.82, 2.24) is 0 Å². The average Bonchev–Trinajstić information content (AvgIpc) is 3.02. The molecule has 5 rings (SSSR count). The van der Waals surface area contributed by atoms with Gasteiger partial charge in [-0.05, 0) is 34.0 Å². The van der Waals surface area contributed by atoms with Gasteiger partial charge in [-0.2, -0.15) is 0 Å². The van der Waals surface area contributed by atoms with Gasteiger partial charge in [-0.15, -0.1) is 0 Å². The lowest BCUT2D eigenvalue weighted by molar-refractivity contribution is 0.0386. The lowest BCUT2D eigenvalue weighted by atomic mass is 10.1. The highest BCUT2D eigenvalue weighted by Crippen LogP contribution is 2.45. The Labute approximate surface area is 151 Å². The van der Waals surface area contributed by atoms with E-state index in [2.05, 4.69) is 12.1 Å². The molecule has 0 saturated heterocycles. The molecule has 0 aliphatic heterocycles. The van der Waals surface area contributed by atoms with E-state index in [0.29, 0.717) is 5.56 Å². The monoisotopic (exact) mass is 336 g/mol. The van der Waals surface area contributed by atoms with E-state index in [4.69, 9.17) is 4.74 Å². The van der Waals surface area contributed by atoms with Crippen LogP contribution in [-0.4, -0.2) is 5.97 Å². The molecule has 1 aliphatic rings. The number of benzene rings is 4. The van der Waals surface area contributed by atoms with Gasteiger partial charge in [-0.25, -0.2) is 4.79 Å². The minimum Gasteiger partial charge on any atom is -0.449 e. The highest BCUT2D eigenvalue weighted by molar-refractivity contribution is 5.96. The van der Waals surface area contributed by atoms with Crippen LogP contribution >= 0.6 is 0 Å². The molecule has 0 unspecified atom stereocenters. The molecule has 0 aromatic heterocycles. The third-order valence-corrected chi connectivity index (χ3v) is 4.99. The Bertz CT molecular complexity index is 1100. The summed E-state index contributed by atoms with van der Waals surface area (Å²) in [5.74, 6) is -0.299. The maximum absolute atomic E-state index is 12.8. The zero-order valence-electron chi connectivity index (χ0n) is 14.1. The van der Waals surface area contributed by atoms with E-state index in [-0.39, 0.29) is 12.1 Å². The minimum absolute atomic E-state index is 0.299. The highest BCUT2D eigenvalue weighted by Gasteiger charge is 2.31. The Balaban J connectivity index is 1.53. The summed E-state index contributed by atoms with van der Waals surface area (Å²) in [6, 6.07) is 29.9. The molecule has 0 atom stereocenters. The summed E-state index contributed by atoms with van der Waals surface area (Å²) in [5, 5.41) is 2.15. The molecule has 0 radical (unpaired) electrons. The molecule has 124 valence electrons. The van der Waals surface area contributed by atoms with Crippen LogP contribution in [0.25, 0.3) is 21.9 Å². The fourth-order valence-electron chi connectivity index (χ4n) is 3.73. The van der Waals surface area contributed by atoms with Crippen molar-refractivity contribution in [3.05, 3.63) is 108 Å². The van der Waals surface area contributed by atoms with Gasteiger partial charge in [0.2, 0.25) is 0 Å². The van der Waals surface area contributed by atoms with Crippen LogP contribution in [0.3, 0.4) is 0 Å². The quantitative estimate of drug-likeness (QED) is 0.435. The van der Waals surface area contributed by atoms with E-state index < -0.39 is 0 Å². The normalized spacial score (nSPS) is 12.6. The fourth-order valence-corrected chi connectivity index (χ4v) is 3.73. The molecule has 0 N–H and O–H groups in total. The van der Waals surface area contributed by atoms with E-state index in [0.717, 1.165) is 33.0 Å². The zero-order chi connectivity index (χ0) is 17.5. The Morgan fingerprint density at radius 2 is 1.23 bits per heavy atom. The molecule has 0 amide bonds. The van der Waals surface area contributed by atoms with E-state index in [1.165, 1.54) is 0 Å². The Morgan fingerprint density at radius 3 is 1.92 bits per heavy atom. The molecule has 0 bridgehead atoms. The first kappa shape index (κ1) is 14.9. The van der Waals surface area contributed by atoms with Crippen LogP contribution in [0.5, 0.6) is 0 Å². The first-order valence-electron chi connectivity index (χ1n) is 8.69. The average molecular weight is 336 g/mol. The van der Waals surface area contributed by atoms with Crippen molar-refractivity contribution in [3.63, 3.8) is 0 Å². The molecule has 0 spiro atoms. The van der Waals surface area contributed by atoms with Crippen LogP contribution in [-0.2, 0) is 4.74 Å². The van der Waals surface area contributed by atoms with Crippen molar-refractivity contribution in [3.8, 4) is 11.1 Å². The summed E-state index contributed by atoms with van der Waals surface area (Å²) in [4.78, 5) is 12.8. The summed E-state index contributed by atoms with van der Waals surface area (Å²) in [6.45, 7) is 0. The van der Waals surface area contributed by atoms with E-state index >= 15 is 0 Å². The standard InChI is InChI=1S/C24H16O2/c25-24(18-14-13-16-7-1-2-8-17(16)15-18)26-23-21-11-5-3-9-19(21)20-10-4-6-12-22(20)23/h1-15,23H. The van der Waals surface area contributed by atoms with Gasteiger partial charge in [-0.3, -0.25) is 0 Å². The second kappa shape index (κ2) is 5.85. The maximum Gasteiger partial charge on any atom is 0.339 e. The SMILES string of the molecule is O=C(OC1c2ccccc2-c2ccccc21)c1ccc2ccccc2c1. The molecule has 4 aromatic rings. The zero-order valence-corrected chi connectivity index (χ0v) is 14.1. The predicted molar refractivity (Wildman–Crippen MR) is 103 cm³/mol. The Hall–Kier alpha value is -3.39. The van der Waals surface area contributed by atoms with Gasteiger partial charge in [0.15, 0.2) is 6.10 Å². The smallest absolute Gasteiger partial charge is 0.339 e. The van der Waals surface area contributed by atoms with E-state index in [9.17, 15) is 4.79 Å². The first-order valence-corrected chi connectivity index (χ1v) is 8.69. The van der Waals surface area contributed by atoms with Gasteiger partial charge >= 0.3 is 5.97 Å². The van der Waals surface area contributed by atoms with Crippen LogP contribution in [0.2, 0.25) is 0 Å². The summed E-state index contributed by atoms with van der Waals surface area (Å²) < 4.78 is 5.96. The minimum atomic E-state index is -0.360. The fraction of sp³-hybridized carbons (Fsp3) is 0.0417. The van der Waals surface area contributed by atoms with Gasteiger partial charge < -0.3 is 4.74 Å². The van der Waals surface area contributed by atoms with Crippen LogP contribution in [0, 0.1) is 0 Å². The lowest BCUT2D eigenvalue weighted by Gasteiger charge is -2.15. The molecule has 4 aromatic carbocycles. The first-order chi connectivity index (χ1) is 12.8. The summed E-state index contributed by atoms with van der Waals surface area (Å²) in [7, 11) is 0. The van der Waals surface area contributed by atoms with Gasteiger partial charge in [0.05, 0.1) is 5.56 Å². The van der Waals surface area contributed by atoms with Crippen LogP contribution in [0.15, 0.2) is 91.0 Å². The maximum atomic E-state index is 12.8. The van der Waals surface area contributed by atoms with Crippen molar-refractivity contribution in [2.75, 3.05) is 0 Å². The van der Waals surface area contributed by atoms with Gasteiger partial charge in [0.1, 0.15) is 0 Å². The third-order valence-electron chi connectivity index (χ3n) is 4.99. The van der Waals surface area contributed by atoms with Crippen LogP contribution in [0.1, 0.15) is 27.6 Å². The van der Waals surface area contributed by atoms with Gasteiger partial charge in [0, 0.05) is 11.1 Å². The number of rotatable bonds is 2. The van der Waals surface area contributed by atoms with Crippen molar-refractivity contribution < 1.29 is 9.53 Å². The second-order valence-corrected chi connectivity index (χ2v) is 6.52. The number of ether oxygens (including phenoxy) is 1. The van der Waals surface area contributed by atoms with E-state index in [1.807, 2.05) is 78.9 Å². The molecule has 0 heterocycles. The largest absolute Gasteiger partial charge is 0.449 e. The van der Waals surface area contributed by atoms with Crippen LogP contribution in [0.4, 0.5) is 0 Å². The summed E-state index contributed by atoms with van der Waals surface area (Å²) in [5.41, 5.74) is 4.94. The number of fused-ring (bicyclic) bond motifs is 4. The number of esters is 1. The topological polar surface area (TPSA) is 26.3 Å². The third kappa shape index (κ3) is 2.31. The van der Waals surface area contributed by atoms with Crippen molar-refractivity contribution >= 4 is 16.7 Å². The molecular formula is C24H16O2. The van der Waals surface area contributed by atoms with Crippen LogP contribution < -0.4 is 0 Å². The molecule has 0 saturated carbocycles. The highest BCUT2D eigenvalue weighted by atomic mass is 16.5. The van der Waals surface area contributed by atoms with Crippen molar-refractivity contribution in [2.24, 2.45) is 0 Å². The summed E-state index contributed by atoms with van der Waals surface area (Å²) in [6.07, 6.45) is -0.360. The van der Waals surface area contributed by atoms with Crippen molar-refractivity contribution in [1.29, 1.82) is 0 Å². The molecule has 2 nitrogen and oxygen atoms in total. The second-order valence-electron chi connectivity index (χ2n) is 6.52. The van der Waals surface area contributed by atoms with Gasteiger partial charge in [0.25, 0.3) is 0 Å². The molecule has 0 fully saturated rings. The molecular weight excluding hydrogens is 320 g/mol. The number of hydrogen-bond acceptors (Lipinski definition) is 2. The number of carbonyl (C=O) groups excluding carboxylic acids is 1. The number of hydrogen-bond donors (Lipinski definition) is 0. The predicted octanol–water partition coefficient (Wildman–Crippen LogP) is 5.77.